The summed E-state index contributed by atoms with van der Waals surface area (Å²) in [5.41, 5.74) is 39.5. The third-order valence-corrected chi connectivity index (χ3v) is 29.4. The Morgan fingerprint density at radius 1 is 0.361 bits per heavy atom. The van der Waals surface area contributed by atoms with Gasteiger partial charge >= 0.3 is 0 Å². The van der Waals surface area contributed by atoms with E-state index in [2.05, 4.69) is 36.1 Å². The number of carbonyl (C=O) groups is 10. The van der Waals surface area contributed by atoms with Crippen LogP contribution in [0.2, 0.25) is 0 Å². The second-order valence-corrected chi connectivity index (χ2v) is 41.3. The molecule has 7 aromatic carbocycles. The predicted molar refractivity (Wildman–Crippen MR) is 557 cm³/mol. The summed E-state index contributed by atoms with van der Waals surface area (Å²) in [5.74, 6) is -5.10. The van der Waals surface area contributed by atoms with Crippen LogP contribution >= 0.6 is 0 Å². The summed E-state index contributed by atoms with van der Waals surface area (Å²) in [6.45, 7) is 8.08. The Bertz CT molecular complexity index is 6890. The Kier molecular flexibility index (Phi) is 36.7. The Labute approximate surface area is 854 Å². The maximum Gasteiger partial charge on any atom is 0.239 e. The molecule has 5 fully saturated rings. The van der Waals surface area contributed by atoms with Crippen molar-refractivity contribution in [2.75, 3.05) is 54.9 Å². The van der Waals surface area contributed by atoms with Gasteiger partial charge in [0, 0.05) is 94.0 Å². The van der Waals surface area contributed by atoms with E-state index in [1.165, 1.54) is 35.5 Å². The standard InChI is InChI=1S/C26H27N3O3.C25H25N3O4S.C21H24N4O3.C20H20N4O2.C20H23N3O4S/c1-2-32-26-22(15-18-13-14-28-23(27)16-18)25(31)29(26)24(30)17-21(19-9-5-3-6-10-19)20-11-7-4-8-12-20;1-33(31,32)25-21(14-17-12-13-27-22(26)15-17)24(30)28(25)23(29)16-20(18-8-4-2-5-9-18)19-10-6-3-7-11-19;1-14(16-6-4-3-5-7-16)10-20(26)25-18(13-24-28-2)17(21(25)27)11-15-8-9-23-19(22)12-15;1-13(15-5-3-2-4-6-15)9-19(25)24-17(12-21)16(20(24)26)10-14-7-8-23-18(22)11-14;1-13(15-6-4-3-5-7-15)10-18(24)23-19(25)16(20(23)28(2,26)27)11-14-8-9-22-17(21)12-14/h3-14,16,21-22,26H,2,15,17H2,1H3,(H2,27,28);2-13,15,20-21,25H,14,16H2,1H3,(H2,26,27);3-9,12-14,17-18H,10-11H2,1-2H3,(H2,22,23);2-8,11,13,16-17H,9-10H2,1H3,(H2,22,23);3-9,12-13,16,20H,10-11H2,1-2H3,(H2,21,22)/t22-,26+;21-,25+;14-,17+,18+;13-,16+,17+;13-,16-,20+/m00000/s1. The number of benzene rings is 7. The van der Waals surface area contributed by atoms with Gasteiger partial charge in [-0.15, -0.1) is 0 Å². The fourth-order valence-corrected chi connectivity index (χ4v) is 21.9. The first-order valence-corrected chi connectivity index (χ1v) is 52.1. The molecule has 0 spiro atoms. The lowest BCUT2D eigenvalue weighted by Gasteiger charge is -2.45. The van der Waals surface area contributed by atoms with E-state index in [0.29, 0.717) is 60.3 Å². The van der Waals surface area contributed by atoms with Crippen LogP contribution in [0.1, 0.15) is 156 Å². The van der Waals surface area contributed by atoms with Gasteiger partial charge in [-0.1, -0.05) is 238 Å². The first-order chi connectivity index (χ1) is 70.5. The van der Waals surface area contributed by atoms with Gasteiger partial charge in [-0.05, 0) is 184 Å². The van der Waals surface area contributed by atoms with Crippen molar-refractivity contribution in [2.45, 2.75) is 151 Å². The number of β-lactam (4-membered cyclic amide) rings is 5. The average Bonchev–Trinajstić information content (AvgIpc) is 0.736. The molecule has 5 aliphatic heterocycles. The number of nitrogens with zero attached hydrogens (tertiary/aromatic N) is 12. The number of nitriles is 1. The minimum absolute atomic E-state index is 0.0132. The first-order valence-electron chi connectivity index (χ1n) is 48.2. The molecule has 147 heavy (non-hydrogen) atoms. The molecule has 10 N–H and O–H groups in total. The molecule has 35 heteroatoms. The lowest BCUT2D eigenvalue weighted by Crippen LogP contribution is -2.66. The number of pyridine rings is 5. The second-order valence-electron chi connectivity index (χ2n) is 37.0. The van der Waals surface area contributed by atoms with Crippen LogP contribution in [0.5, 0.6) is 0 Å². The number of rotatable bonds is 33. The molecule has 0 bridgehead atoms. The third kappa shape index (κ3) is 27.3. The molecule has 5 saturated heterocycles. The van der Waals surface area contributed by atoms with Gasteiger partial charge in [-0.25, -0.2) is 41.8 Å². The van der Waals surface area contributed by atoms with Crippen molar-refractivity contribution in [1.29, 1.82) is 5.26 Å². The number of anilines is 5. The molecule has 0 saturated carbocycles. The highest BCUT2D eigenvalue weighted by atomic mass is 32.2. The first kappa shape index (κ1) is 108. The summed E-state index contributed by atoms with van der Waals surface area (Å²) in [6, 6.07) is 85.8. The normalized spacial score (nSPS) is 19.3. The van der Waals surface area contributed by atoms with Crippen LogP contribution in [0.4, 0.5) is 29.1 Å². The number of nitrogens with two attached hydrogens (primary N) is 5. The summed E-state index contributed by atoms with van der Waals surface area (Å²) >= 11 is 0. The van der Waals surface area contributed by atoms with Gasteiger partial charge in [0.15, 0.2) is 36.7 Å². The lowest BCUT2D eigenvalue weighted by atomic mass is 9.82. The van der Waals surface area contributed by atoms with Crippen LogP contribution in [-0.4, -0.2) is 187 Å². The van der Waals surface area contributed by atoms with Crippen LogP contribution in [0.3, 0.4) is 0 Å². The number of sulfone groups is 2. The zero-order chi connectivity index (χ0) is 105. The predicted octanol–water partition coefficient (Wildman–Crippen LogP) is 13.0. The summed E-state index contributed by atoms with van der Waals surface area (Å²) in [7, 11) is -5.91. The molecule has 10 heterocycles. The van der Waals surface area contributed by atoms with Gasteiger partial charge in [0.1, 0.15) is 42.2 Å². The van der Waals surface area contributed by atoms with Gasteiger partial charge in [0.05, 0.1) is 47.9 Å². The Morgan fingerprint density at radius 2 is 0.612 bits per heavy atom. The van der Waals surface area contributed by atoms with E-state index in [0.717, 1.165) is 82.8 Å². The fraction of sp³-hybridized carbons (Fsp3) is 0.295. The van der Waals surface area contributed by atoms with E-state index in [-0.39, 0.29) is 122 Å². The monoisotopic (exact) mass is 2020 g/mol. The molecule has 760 valence electrons. The maximum atomic E-state index is 13.3. The highest BCUT2D eigenvalue weighted by molar-refractivity contribution is 7.91. The van der Waals surface area contributed by atoms with E-state index in [9.17, 15) is 70.0 Å². The molecular formula is C112H119N17O16S2. The number of hydrogen-bond donors (Lipinski definition) is 5. The van der Waals surface area contributed by atoms with Gasteiger partial charge < -0.3 is 38.2 Å². The van der Waals surface area contributed by atoms with Crippen molar-refractivity contribution in [3.05, 3.63) is 371 Å². The van der Waals surface area contributed by atoms with E-state index in [1.54, 1.807) is 67.1 Å². The molecule has 33 nitrogen and oxygen atoms in total. The summed E-state index contributed by atoms with van der Waals surface area (Å²) in [5, 5.41) is 10.9. The van der Waals surface area contributed by atoms with Crippen molar-refractivity contribution in [2.24, 2.45) is 34.7 Å². The van der Waals surface area contributed by atoms with Crippen LogP contribution < -0.4 is 28.7 Å². The van der Waals surface area contributed by atoms with Gasteiger partial charge in [-0.2, -0.15) is 5.26 Å². The van der Waals surface area contributed by atoms with Crippen molar-refractivity contribution < 1.29 is 74.4 Å². The smallest absolute Gasteiger partial charge is 0.239 e. The highest BCUT2D eigenvalue weighted by Crippen LogP contribution is 2.42. The minimum atomic E-state index is -3.70. The average molecular weight is 2020 g/mol. The van der Waals surface area contributed by atoms with Gasteiger partial charge in [0.2, 0.25) is 59.1 Å². The van der Waals surface area contributed by atoms with Gasteiger partial charge in [0.25, 0.3) is 0 Å². The van der Waals surface area contributed by atoms with E-state index >= 15 is 0 Å². The summed E-state index contributed by atoms with van der Waals surface area (Å²) in [6.07, 6.45) is 13.2. The van der Waals surface area contributed by atoms with Crippen LogP contribution in [0.15, 0.2) is 309 Å². The number of likely N-dealkylation sites (tertiary alicyclic amines) is 5. The molecule has 12 aromatic rings. The van der Waals surface area contributed by atoms with Crippen molar-refractivity contribution in [3.8, 4) is 6.07 Å². The molecule has 10 amide bonds. The second kappa shape index (κ2) is 49.9. The Balaban J connectivity index is 0.000000154. The summed E-state index contributed by atoms with van der Waals surface area (Å²) in [4.78, 5) is 159. The molecular weight excluding hydrogens is 1900 g/mol. The van der Waals surface area contributed by atoms with E-state index in [1.807, 2.05) is 252 Å². The van der Waals surface area contributed by atoms with Crippen molar-refractivity contribution in [1.82, 2.24) is 49.4 Å². The number of carbonyl (C=O) groups excluding carboxylic acids is 10. The number of nitrogen functional groups attached to an aromatic ring is 5. The van der Waals surface area contributed by atoms with Crippen LogP contribution in [0.25, 0.3) is 0 Å². The van der Waals surface area contributed by atoms with E-state index < -0.39 is 96.0 Å². The topological polar surface area (TPSA) is 504 Å². The Hall–Kier alpha value is -16.2. The number of oxime groups is 1. The third-order valence-electron chi connectivity index (χ3n) is 26.6. The van der Waals surface area contributed by atoms with E-state index in [4.69, 9.17) is 38.2 Å². The molecule has 13 atom stereocenters. The zero-order valence-electron chi connectivity index (χ0n) is 82.5. The molecule has 0 unspecified atom stereocenters. The van der Waals surface area contributed by atoms with Crippen molar-refractivity contribution in [3.63, 3.8) is 0 Å². The SMILES string of the molecule is CCO[C@@H]1[C@@H](Cc2ccnc(N)c2)C(=O)N1C(=O)CC(c1ccccc1)c1ccccc1.CON=C[C@@H]1[C@@H](Cc2ccnc(N)c2)C(=O)N1C(=O)C[C@H](C)c1ccccc1.CS(=O)(=O)[C@@H]1[C@@H](Cc2ccnc(N)c2)C(=O)N1C(=O)CC(c1ccccc1)c1ccccc1.C[C@@H](CC(=O)N1C(=O)[C@H](Cc2ccnc(N)c2)[C@H]1C#N)c1ccccc1.C[C@@H](CC(=O)N1C(=O)[C@H](Cc2ccnc(N)c2)[C@H]1S(C)(=O)=O)c1ccccc1. The largest absolute Gasteiger partial charge is 0.399 e. The quantitative estimate of drug-likeness (QED) is 0.0145. The number of amides is 10. The fourth-order valence-electron chi connectivity index (χ4n) is 19.1. The number of aromatic nitrogens is 5. The van der Waals surface area contributed by atoms with Crippen molar-refractivity contribution >= 4 is 114 Å². The molecule has 5 aliphatic rings. The molecule has 17 rings (SSSR count). The summed E-state index contributed by atoms with van der Waals surface area (Å²) < 4.78 is 55.6. The zero-order valence-corrected chi connectivity index (χ0v) is 84.1. The lowest BCUT2D eigenvalue weighted by molar-refractivity contribution is -0.197. The molecule has 0 radical (unpaired) electrons. The number of hydrogen-bond acceptors (Lipinski definition) is 28. The molecule has 0 aliphatic carbocycles. The Morgan fingerprint density at radius 3 is 0.905 bits per heavy atom. The highest BCUT2D eigenvalue weighted by Gasteiger charge is 2.58. The van der Waals surface area contributed by atoms with Gasteiger partial charge in [-0.3, -0.25) is 72.4 Å². The number of imide groups is 5. The van der Waals surface area contributed by atoms with Crippen LogP contribution in [0, 0.1) is 40.9 Å². The van der Waals surface area contributed by atoms with Crippen LogP contribution in [-0.2, 0) is 109 Å². The number of ether oxygens (including phenoxy) is 1. The minimum Gasteiger partial charge on any atom is -0.399 e. The maximum absolute atomic E-state index is 13.3. The molecule has 5 aromatic heterocycles.